The number of anilines is 2. The molecule has 1 unspecified atom stereocenters. The van der Waals surface area contributed by atoms with Gasteiger partial charge in [-0.25, -0.2) is 4.79 Å². The van der Waals surface area contributed by atoms with Crippen molar-refractivity contribution in [1.29, 1.82) is 0 Å². The van der Waals surface area contributed by atoms with Crippen molar-refractivity contribution in [3.8, 4) is 0 Å². The Balaban J connectivity index is 1.47. The molecule has 6 nitrogen and oxygen atoms in total. The van der Waals surface area contributed by atoms with E-state index in [2.05, 4.69) is 10.6 Å². The van der Waals surface area contributed by atoms with Crippen molar-refractivity contribution in [1.82, 2.24) is 0 Å². The number of esters is 1. The summed E-state index contributed by atoms with van der Waals surface area (Å²) in [7, 11) is 1.30. The molecular weight excluding hydrogens is 496 g/mol. The van der Waals surface area contributed by atoms with E-state index in [-0.39, 0.29) is 17.4 Å². The zero-order valence-electron chi connectivity index (χ0n) is 20.7. The molecule has 0 spiro atoms. The normalized spacial score (nSPS) is 11.5. The third kappa shape index (κ3) is 7.21. The van der Waals surface area contributed by atoms with Gasteiger partial charge in [-0.05, 0) is 53.6 Å². The van der Waals surface area contributed by atoms with Crippen LogP contribution in [0.25, 0.3) is 6.08 Å². The third-order valence-electron chi connectivity index (χ3n) is 5.53. The predicted molar refractivity (Wildman–Crippen MR) is 152 cm³/mol. The Morgan fingerprint density at radius 2 is 1.39 bits per heavy atom. The minimum atomic E-state index is -0.587. The Labute approximate surface area is 225 Å². The van der Waals surface area contributed by atoms with Gasteiger partial charge in [0.05, 0.1) is 18.4 Å². The highest BCUT2D eigenvalue weighted by molar-refractivity contribution is 8.00. The van der Waals surface area contributed by atoms with Crippen molar-refractivity contribution in [3.63, 3.8) is 0 Å². The number of carbonyl (C=O) groups is 3. The van der Waals surface area contributed by atoms with Crippen LogP contribution >= 0.6 is 11.8 Å². The number of nitrogens with one attached hydrogen (secondary N) is 2. The van der Waals surface area contributed by atoms with Crippen LogP contribution in [0.1, 0.15) is 26.7 Å². The molecule has 0 fully saturated rings. The summed E-state index contributed by atoms with van der Waals surface area (Å²) in [5.41, 5.74) is 3.06. The zero-order valence-corrected chi connectivity index (χ0v) is 21.5. The quantitative estimate of drug-likeness (QED) is 0.147. The molecule has 0 saturated carbocycles. The number of ether oxygens (including phenoxy) is 1. The van der Waals surface area contributed by atoms with Crippen LogP contribution in [0, 0.1) is 0 Å². The molecule has 0 aliphatic rings. The molecule has 4 rings (SSSR count). The highest BCUT2D eigenvalue weighted by atomic mass is 32.2. The number of thioether (sulfide) groups is 1. The van der Waals surface area contributed by atoms with Gasteiger partial charge in [0.1, 0.15) is 5.25 Å². The molecule has 38 heavy (non-hydrogen) atoms. The van der Waals surface area contributed by atoms with Gasteiger partial charge < -0.3 is 15.4 Å². The molecule has 0 aromatic heterocycles. The number of benzene rings is 4. The molecule has 2 N–H and O–H groups in total. The summed E-state index contributed by atoms with van der Waals surface area (Å²) in [5.74, 6) is -1.04. The van der Waals surface area contributed by atoms with Crippen LogP contribution in [0.15, 0.2) is 120 Å². The molecule has 4 aromatic carbocycles. The molecule has 4 aromatic rings. The Morgan fingerprint density at radius 3 is 2.08 bits per heavy atom. The fourth-order valence-electron chi connectivity index (χ4n) is 3.65. The van der Waals surface area contributed by atoms with Gasteiger partial charge in [-0.3, -0.25) is 9.59 Å². The first kappa shape index (κ1) is 26.4. The van der Waals surface area contributed by atoms with Gasteiger partial charge in [0.25, 0.3) is 0 Å². The van der Waals surface area contributed by atoms with E-state index in [1.807, 2.05) is 72.8 Å². The van der Waals surface area contributed by atoms with Gasteiger partial charge in [-0.1, -0.05) is 72.8 Å². The molecule has 0 radical (unpaired) electrons. The number of amides is 2. The molecule has 190 valence electrons. The van der Waals surface area contributed by atoms with E-state index in [0.717, 1.165) is 16.0 Å². The van der Waals surface area contributed by atoms with Crippen molar-refractivity contribution in [2.45, 2.75) is 10.1 Å². The first-order valence-corrected chi connectivity index (χ1v) is 12.8. The molecule has 0 saturated heterocycles. The minimum Gasteiger partial charge on any atom is -0.465 e. The van der Waals surface area contributed by atoms with Gasteiger partial charge in [0, 0.05) is 16.7 Å². The number of para-hydroxylation sites is 1. The summed E-state index contributed by atoms with van der Waals surface area (Å²) in [6.07, 6.45) is 3.24. The predicted octanol–water partition coefficient (Wildman–Crippen LogP) is 6.60. The van der Waals surface area contributed by atoms with Crippen LogP contribution in [0.4, 0.5) is 11.4 Å². The van der Waals surface area contributed by atoms with E-state index in [4.69, 9.17) is 4.74 Å². The second kappa shape index (κ2) is 13.1. The highest BCUT2D eigenvalue weighted by Gasteiger charge is 2.24. The summed E-state index contributed by atoms with van der Waals surface area (Å²) in [6, 6.07) is 33.0. The maximum Gasteiger partial charge on any atom is 0.339 e. The SMILES string of the molecule is COC(=O)c1ccccc1NC(=O)C(Sc1ccc(NC(=O)/C=C/c2ccccc2)cc1)c1ccccc1. The van der Waals surface area contributed by atoms with Crippen LogP contribution in [-0.2, 0) is 14.3 Å². The van der Waals surface area contributed by atoms with Crippen molar-refractivity contribution in [2.75, 3.05) is 17.7 Å². The second-order valence-electron chi connectivity index (χ2n) is 8.19. The Morgan fingerprint density at radius 1 is 0.763 bits per heavy atom. The average molecular weight is 523 g/mol. The van der Waals surface area contributed by atoms with Gasteiger partial charge in [-0.15, -0.1) is 11.8 Å². The number of methoxy groups -OCH3 is 1. The number of carbonyl (C=O) groups excluding carboxylic acids is 3. The van der Waals surface area contributed by atoms with E-state index in [9.17, 15) is 14.4 Å². The van der Waals surface area contributed by atoms with Crippen LogP contribution in [-0.4, -0.2) is 24.9 Å². The van der Waals surface area contributed by atoms with E-state index in [0.29, 0.717) is 11.4 Å². The van der Waals surface area contributed by atoms with E-state index < -0.39 is 11.2 Å². The number of hydrogen-bond acceptors (Lipinski definition) is 5. The minimum absolute atomic E-state index is 0.236. The highest BCUT2D eigenvalue weighted by Crippen LogP contribution is 2.37. The Kier molecular flexibility index (Phi) is 9.10. The molecule has 7 heteroatoms. The molecule has 0 aliphatic heterocycles. The van der Waals surface area contributed by atoms with Gasteiger partial charge in [0.15, 0.2) is 0 Å². The van der Waals surface area contributed by atoms with E-state index >= 15 is 0 Å². The maximum atomic E-state index is 13.4. The second-order valence-corrected chi connectivity index (χ2v) is 9.37. The van der Waals surface area contributed by atoms with Crippen molar-refractivity contribution in [3.05, 3.63) is 132 Å². The lowest BCUT2D eigenvalue weighted by atomic mass is 10.1. The van der Waals surface area contributed by atoms with E-state index in [1.54, 1.807) is 42.5 Å². The number of hydrogen-bond donors (Lipinski definition) is 2. The fraction of sp³-hybridized carbons (Fsp3) is 0.0645. The number of rotatable bonds is 9. The largest absolute Gasteiger partial charge is 0.465 e. The Hall–Kier alpha value is -4.62. The van der Waals surface area contributed by atoms with Crippen LogP contribution in [0.2, 0.25) is 0 Å². The van der Waals surface area contributed by atoms with Crippen molar-refractivity contribution < 1.29 is 19.1 Å². The van der Waals surface area contributed by atoms with Crippen LogP contribution in [0.5, 0.6) is 0 Å². The molecular formula is C31H26N2O4S. The van der Waals surface area contributed by atoms with Crippen molar-refractivity contribution in [2.24, 2.45) is 0 Å². The van der Waals surface area contributed by atoms with Gasteiger partial charge >= 0.3 is 5.97 Å². The van der Waals surface area contributed by atoms with E-state index in [1.165, 1.54) is 24.9 Å². The first-order chi connectivity index (χ1) is 18.5. The fourth-order valence-corrected chi connectivity index (χ4v) is 4.68. The molecule has 0 bridgehead atoms. The summed E-state index contributed by atoms with van der Waals surface area (Å²) in [6.45, 7) is 0. The monoisotopic (exact) mass is 522 g/mol. The summed E-state index contributed by atoms with van der Waals surface area (Å²) in [5, 5.41) is 5.14. The molecule has 1 atom stereocenters. The lowest BCUT2D eigenvalue weighted by Crippen LogP contribution is -2.20. The standard InChI is InChI=1S/C31H26N2O4S/c1-37-31(36)26-14-8-9-15-27(26)33-30(35)29(23-12-6-3-7-13-23)38-25-19-17-24(18-20-25)32-28(34)21-16-22-10-4-2-5-11-22/h2-21,29H,1H3,(H,32,34)(H,33,35)/b21-16+. The Bertz CT molecular complexity index is 1420. The molecule has 0 aliphatic carbocycles. The zero-order chi connectivity index (χ0) is 26.7. The molecule has 2 amide bonds. The lowest BCUT2D eigenvalue weighted by molar-refractivity contribution is -0.116. The van der Waals surface area contributed by atoms with Gasteiger partial charge in [-0.2, -0.15) is 0 Å². The smallest absolute Gasteiger partial charge is 0.339 e. The van der Waals surface area contributed by atoms with Gasteiger partial charge in [0.2, 0.25) is 11.8 Å². The summed E-state index contributed by atoms with van der Waals surface area (Å²) in [4.78, 5) is 38.7. The van der Waals surface area contributed by atoms with Crippen molar-refractivity contribution >= 4 is 47.0 Å². The summed E-state index contributed by atoms with van der Waals surface area (Å²) < 4.78 is 4.85. The first-order valence-electron chi connectivity index (χ1n) is 11.9. The topological polar surface area (TPSA) is 84.5 Å². The van der Waals surface area contributed by atoms with Crippen LogP contribution < -0.4 is 10.6 Å². The average Bonchev–Trinajstić information content (AvgIpc) is 2.96. The van der Waals surface area contributed by atoms with Crippen LogP contribution in [0.3, 0.4) is 0 Å². The summed E-state index contributed by atoms with van der Waals surface area (Å²) >= 11 is 1.37. The third-order valence-corrected chi connectivity index (χ3v) is 6.80. The maximum absolute atomic E-state index is 13.4. The molecule has 0 heterocycles. The lowest BCUT2D eigenvalue weighted by Gasteiger charge is -2.18.